The zero-order valence-corrected chi connectivity index (χ0v) is 10.0. The van der Waals surface area contributed by atoms with Crippen molar-refractivity contribution in [2.24, 2.45) is 5.41 Å². The van der Waals surface area contributed by atoms with Crippen LogP contribution >= 0.6 is 11.6 Å². The molecule has 0 aliphatic heterocycles. The van der Waals surface area contributed by atoms with E-state index in [1.807, 2.05) is 13.8 Å². The third-order valence-electron chi connectivity index (χ3n) is 2.05. The molecule has 4 heteroatoms. The smallest absolute Gasteiger partial charge is 0.287 e. The number of alkyl halides is 1. The second-order valence-corrected chi connectivity index (χ2v) is 4.66. The van der Waals surface area contributed by atoms with E-state index in [0.29, 0.717) is 18.2 Å². The monoisotopic (exact) mass is 229 g/mol. The molecule has 1 N–H and O–H groups in total. The molecule has 0 aromatic carbocycles. The van der Waals surface area contributed by atoms with Gasteiger partial charge in [0.25, 0.3) is 5.91 Å². The molecule has 3 nitrogen and oxygen atoms in total. The number of carbonyl (C=O) groups excluding carboxylic acids is 1. The van der Waals surface area contributed by atoms with Gasteiger partial charge in [-0.05, 0) is 24.5 Å². The van der Waals surface area contributed by atoms with Gasteiger partial charge in [0.05, 0.1) is 0 Å². The number of carbonyl (C=O) groups is 1. The summed E-state index contributed by atoms with van der Waals surface area (Å²) in [6.07, 6.45) is 0. The van der Waals surface area contributed by atoms with Crippen molar-refractivity contribution in [1.82, 2.24) is 5.32 Å². The predicted octanol–water partition coefficient (Wildman–Crippen LogP) is 2.58. The molecule has 0 aliphatic rings. The molecule has 0 radical (unpaired) electrons. The molecule has 0 fully saturated rings. The second kappa shape index (κ2) is 4.71. The van der Waals surface area contributed by atoms with Gasteiger partial charge in [0.15, 0.2) is 5.76 Å². The summed E-state index contributed by atoms with van der Waals surface area (Å²) in [5, 5.41) is 2.79. The fourth-order valence-corrected chi connectivity index (χ4v) is 1.10. The highest BCUT2D eigenvalue weighted by molar-refractivity contribution is 6.18. The van der Waals surface area contributed by atoms with E-state index in [1.54, 1.807) is 19.1 Å². The van der Waals surface area contributed by atoms with Gasteiger partial charge in [-0.2, -0.15) is 0 Å². The zero-order chi connectivity index (χ0) is 11.5. The molecule has 1 rings (SSSR count). The number of halogens is 1. The van der Waals surface area contributed by atoms with E-state index < -0.39 is 0 Å². The van der Waals surface area contributed by atoms with Crippen molar-refractivity contribution in [1.29, 1.82) is 0 Å². The van der Waals surface area contributed by atoms with Crippen molar-refractivity contribution in [3.8, 4) is 0 Å². The molecule has 0 spiro atoms. The molecule has 0 aliphatic carbocycles. The summed E-state index contributed by atoms with van der Waals surface area (Å²) in [5.74, 6) is 1.39. The minimum Gasteiger partial charge on any atom is -0.456 e. The van der Waals surface area contributed by atoms with Gasteiger partial charge >= 0.3 is 0 Å². The minimum atomic E-state index is -0.193. The van der Waals surface area contributed by atoms with Crippen LogP contribution in [0, 0.1) is 12.3 Å². The first kappa shape index (κ1) is 12.1. The van der Waals surface area contributed by atoms with Gasteiger partial charge in [-0.25, -0.2) is 0 Å². The van der Waals surface area contributed by atoms with E-state index in [4.69, 9.17) is 16.0 Å². The lowest BCUT2D eigenvalue weighted by molar-refractivity contribution is 0.0910. The third-order valence-corrected chi connectivity index (χ3v) is 2.78. The highest BCUT2D eigenvalue weighted by Crippen LogP contribution is 2.15. The van der Waals surface area contributed by atoms with Crippen LogP contribution in [0.15, 0.2) is 16.5 Å². The van der Waals surface area contributed by atoms with E-state index in [1.165, 1.54) is 0 Å². The Hall–Kier alpha value is -0.960. The molecule has 84 valence electrons. The van der Waals surface area contributed by atoms with Crippen LogP contribution in [0.25, 0.3) is 0 Å². The maximum absolute atomic E-state index is 11.6. The largest absolute Gasteiger partial charge is 0.456 e. The Morgan fingerprint density at radius 1 is 1.53 bits per heavy atom. The molecule has 1 aromatic heterocycles. The number of hydrogen-bond donors (Lipinski definition) is 1. The van der Waals surface area contributed by atoms with Crippen LogP contribution in [0.5, 0.6) is 0 Å². The van der Waals surface area contributed by atoms with Crippen molar-refractivity contribution in [2.45, 2.75) is 20.8 Å². The van der Waals surface area contributed by atoms with E-state index in [9.17, 15) is 4.79 Å². The third kappa shape index (κ3) is 3.59. The molecule has 15 heavy (non-hydrogen) atoms. The molecule has 0 unspecified atom stereocenters. The summed E-state index contributed by atoms with van der Waals surface area (Å²) >= 11 is 5.75. The van der Waals surface area contributed by atoms with Crippen molar-refractivity contribution >= 4 is 17.5 Å². The van der Waals surface area contributed by atoms with Crippen LogP contribution < -0.4 is 5.32 Å². The van der Waals surface area contributed by atoms with Crippen molar-refractivity contribution in [2.75, 3.05) is 12.4 Å². The summed E-state index contributed by atoms with van der Waals surface area (Å²) in [7, 11) is 0. The van der Waals surface area contributed by atoms with E-state index in [0.717, 1.165) is 5.76 Å². The topological polar surface area (TPSA) is 42.2 Å². The van der Waals surface area contributed by atoms with Gasteiger partial charge in [-0.15, -0.1) is 11.6 Å². The molecular weight excluding hydrogens is 214 g/mol. The Bertz CT molecular complexity index is 344. The predicted molar refractivity (Wildman–Crippen MR) is 60.3 cm³/mol. The lowest BCUT2D eigenvalue weighted by Gasteiger charge is -2.21. The first-order chi connectivity index (χ1) is 6.94. The van der Waals surface area contributed by atoms with Crippen LogP contribution in [0.2, 0.25) is 0 Å². The summed E-state index contributed by atoms with van der Waals surface area (Å²) < 4.78 is 5.20. The normalized spacial score (nSPS) is 11.5. The van der Waals surface area contributed by atoms with E-state index in [-0.39, 0.29) is 11.3 Å². The van der Waals surface area contributed by atoms with Gasteiger partial charge < -0.3 is 9.73 Å². The number of rotatable bonds is 4. The summed E-state index contributed by atoms with van der Waals surface area (Å²) in [6, 6.07) is 3.43. The molecule has 1 amide bonds. The number of amides is 1. The Morgan fingerprint density at radius 3 is 2.67 bits per heavy atom. The molecule has 0 bridgehead atoms. The van der Waals surface area contributed by atoms with Gasteiger partial charge in [0.1, 0.15) is 5.76 Å². The minimum absolute atomic E-state index is 0.0984. The Labute approximate surface area is 94.8 Å². The Balaban J connectivity index is 2.50. The maximum atomic E-state index is 11.6. The van der Waals surface area contributed by atoms with Crippen LogP contribution in [0.4, 0.5) is 0 Å². The highest BCUT2D eigenvalue weighted by atomic mass is 35.5. The Kier molecular flexibility index (Phi) is 3.80. The highest BCUT2D eigenvalue weighted by Gasteiger charge is 2.18. The average Bonchev–Trinajstić information content (AvgIpc) is 2.61. The maximum Gasteiger partial charge on any atom is 0.287 e. The van der Waals surface area contributed by atoms with Crippen LogP contribution in [0.3, 0.4) is 0 Å². The fraction of sp³-hybridized carbons (Fsp3) is 0.545. The molecule has 0 saturated heterocycles. The van der Waals surface area contributed by atoms with Crippen molar-refractivity contribution in [3.05, 3.63) is 23.7 Å². The van der Waals surface area contributed by atoms with Crippen molar-refractivity contribution in [3.63, 3.8) is 0 Å². The van der Waals surface area contributed by atoms with Crippen LogP contribution in [-0.2, 0) is 0 Å². The Morgan fingerprint density at radius 2 is 2.20 bits per heavy atom. The van der Waals surface area contributed by atoms with E-state index in [2.05, 4.69) is 5.32 Å². The lowest BCUT2D eigenvalue weighted by atomic mass is 9.96. The van der Waals surface area contributed by atoms with E-state index >= 15 is 0 Å². The van der Waals surface area contributed by atoms with Crippen LogP contribution in [0.1, 0.15) is 30.2 Å². The van der Waals surface area contributed by atoms with Gasteiger partial charge in [0.2, 0.25) is 0 Å². The molecular formula is C11H16ClNO2. The number of nitrogens with one attached hydrogen (secondary N) is 1. The number of furan rings is 1. The first-order valence-corrected chi connectivity index (χ1v) is 5.39. The lowest BCUT2D eigenvalue weighted by Crippen LogP contribution is -2.34. The molecule has 1 heterocycles. The summed E-state index contributed by atoms with van der Waals surface area (Å²) in [4.78, 5) is 11.6. The molecule has 0 atom stereocenters. The van der Waals surface area contributed by atoms with Gasteiger partial charge in [-0.1, -0.05) is 13.8 Å². The van der Waals surface area contributed by atoms with Gasteiger partial charge in [0, 0.05) is 12.4 Å². The zero-order valence-electron chi connectivity index (χ0n) is 9.26. The SMILES string of the molecule is Cc1ccc(C(=O)NCC(C)(C)CCl)o1. The quantitative estimate of drug-likeness (QED) is 0.807. The van der Waals surface area contributed by atoms with Crippen LogP contribution in [-0.4, -0.2) is 18.3 Å². The summed E-state index contributed by atoms with van der Waals surface area (Å²) in [5.41, 5.74) is -0.0984. The average molecular weight is 230 g/mol. The standard InChI is InChI=1S/C11H16ClNO2/c1-8-4-5-9(15-8)10(14)13-7-11(2,3)6-12/h4-5H,6-7H2,1-3H3,(H,13,14). The number of aryl methyl sites for hydroxylation is 1. The van der Waals surface area contributed by atoms with Gasteiger partial charge in [-0.3, -0.25) is 4.79 Å². The number of hydrogen-bond acceptors (Lipinski definition) is 2. The van der Waals surface area contributed by atoms with Crippen molar-refractivity contribution < 1.29 is 9.21 Å². The molecule has 1 aromatic rings. The second-order valence-electron chi connectivity index (χ2n) is 4.39. The fourth-order valence-electron chi connectivity index (χ4n) is 1.01. The first-order valence-electron chi connectivity index (χ1n) is 4.85. The summed E-state index contributed by atoms with van der Waals surface area (Å²) in [6.45, 7) is 6.33. The molecule has 0 saturated carbocycles.